The fourth-order valence-corrected chi connectivity index (χ4v) is 2.76. The Balaban J connectivity index is 2.88. The smallest absolute Gasteiger partial charge is 0.178 e. The van der Waals surface area contributed by atoms with E-state index in [1.165, 1.54) is 25.6 Å². The molecule has 0 amide bonds. The molecule has 1 heterocycles. The Labute approximate surface area is 73.8 Å². The van der Waals surface area contributed by atoms with Gasteiger partial charge in [0.05, 0.1) is 0 Å². The van der Waals surface area contributed by atoms with Crippen LogP contribution in [0.15, 0.2) is 10.7 Å². The van der Waals surface area contributed by atoms with Crippen LogP contribution in [0.3, 0.4) is 0 Å². The molecule has 0 aromatic heterocycles. The lowest BCUT2D eigenvalue weighted by atomic mass is 10.2. The molecule has 0 saturated carbocycles. The number of hydrogen-bond acceptors (Lipinski definition) is 2. The maximum absolute atomic E-state index is 13.4. The van der Waals surface area contributed by atoms with Gasteiger partial charge in [-0.25, -0.2) is 4.39 Å². The van der Waals surface area contributed by atoms with Crippen molar-refractivity contribution in [1.29, 1.82) is 0 Å². The van der Waals surface area contributed by atoms with Gasteiger partial charge in [-0.3, -0.25) is 0 Å². The van der Waals surface area contributed by atoms with Crippen LogP contribution >= 0.6 is 23.5 Å². The van der Waals surface area contributed by atoms with Gasteiger partial charge in [0, 0.05) is 17.1 Å². The molecule has 0 nitrogen and oxygen atoms in total. The van der Waals surface area contributed by atoms with Gasteiger partial charge in [0.15, 0.2) is 10.2 Å². The average Bonchev–Trinajstić information content (AvgIpc) is 2.03. The first-order chi connectivity index (χ1) is 5.04. The maximum atomic E-state index is 13.4. The summed E-state index contributed by atoms with van der Waals surface area (Å²) in [5, 5.41) is -1.85. The second-order valence-corrected chi connectivity index (χ2v) is 5.03. The minimum Gasteiger partial charge on any atom is -0.227 e. The largest absolute Gasteiger partial charge is 0.227 e. The third-order valence-electron chi connectivity index (χ3n) is 1.65. The SMILES string of the molecule is CC1=C(F)SCCSC1(C)F. The van der Waals surface area contributed by atoms with Gasteiger partial charge in [-0.05, 0) is 13.8 Å². The Morgan fingerprint density at radius 2 is 2.09 bits per heavy atom. The first-order valence-electron chi connectivity index (χ1n) is 3.36. The Morgan fingerprint density at radius 1 is 1.45 bits per heavy atom. The zero-order valence-electron chi connectivity index (χ0n) is 6.49. The zero-order chi connectivity index (χ0) is 8.48. The van der Waals surface area contributed by atoms with Crippen LogP contribution in [-0.4, -0.2) is 16.5 Å². The first kappa shape index (κ1) is 9.39. The zero-order valence-corrected chi connectivity index (χ0v) is 8.12. The molecular formula is C7H10F2S2. The van der Waals surface area contributed by atoms with E-state index in [9.17, 15) is 8.78 Å². The van der Waals surface area contributed by atoms with Crippen molar-refractivity contribution in [1.82, 2.24) is 0 Å². The summed E-state index contributed by atoms with van der Waals surface area (Å²) in [7, 11) is 0. The van der Waals surface area contributed by atoms with E-state index in [1.54, 1.807) is 0 Å². The predicted octanol–water partition coefficient (Wildman–Crippen LogP) is 3.35. The normalized spacial score (nSPS) is 33.8. The molecule has 0 aromatic carbocycles. The first-order valence-corrected chi connectivity index (χ1v) is 5.33. The highest BCUT2D eigenvalue weighted by molar-refractivity contribution is 8.06. The van der Waals surface area contributed by atoms with Gasteiger partial charge in [-0.15, -0.1) is 11.8 Å². The van der Waals surface area contributed by atoms with Gasteiger partial charge >= 0.3 is 0 Å². The molecule has 0 fully saturated rings. The van der Waals surface area contributed by atoms with Gasteiger partial charge in [0.2, 0.25) is 0 Å². The predicted molar refractivity (Wildman–Crippen MR) is 48.2 cm³/mol. The van der Waals surface area contributed by atoms with Crippen LogP contribution in [0.1, 0.15) is 13.8 Å². The van der Waals surface area contributed by atoms with Crippen LogP contribution in [0.25, 0.3) is 0 Å². The van der Waals surface area contributed by atoms with Crippen LogP contribution in [0.2, 0.25) is 0 Å². The van der Waals surface area contributed by atoms with Crippen molar-refractivity contribution in [3.63, 3.8) is 0 Å². The van der Waals surface area contributed by atoms with Crippen LogP contribution < -0.4 is 0 Å². The van der Waals surface area contributed by atoms with E-state index in [2.05, 4.69) is 0 Å². The fourth-order valence-electron chi connectivity index (χ4n) is 0.757. The lowest BCUT2D eigenvalue weighted by Crippen LogP contribution is -2.14. The van der Waals surface area contributed by atoms with Crippen LogP contribution in [0.5, 0.6) is 0 Å². The standard InChI is InChI=1S/C7H10F2S2/c1-5-6(8)10-3-4-11-7(5,2)9/h3-4H2,1-2H3. The molecule has 0 N–H and O–H groups in total. The molecule has 1 aliphatic heterocycles. The van der Waals surface area contributed by atoms with Gasteiger partial charge in [0.1, 0.15) is 0 Å². The summed E-state index contributed by atoms with van der Waals surface area (Å²) in [5.41, 5.74) is 0.227. The van der Waals surface area contributed by atoms with Crippen LogP contribution in [-0.2, 0) is 0 Å². The van der Waals surface area contributed by atoms with Gasteiger partial charge < -0.3 is 0 Å². The van der Waals surface area contributed by atoms with E-state index in [0.717, 1.165) is 11.8 Å². The van der Waals surface area contributed by atoms with Crippen molar-refractivity contribution in [3.8, 4) is 0 Å². The summed E-state index contributed by atoms with van der Waals surface area (Å²) < 4.78 is 26.3. The Morgan fingerprint density at radius 3 is 2.73 bits per heavy atom. The molecule has 1 aliphatic rings. The van der Waals surface area contributed by atoms with Crippen LogP contribution in [0, 0.1) is 0 Å². The second-order valence-electron chi connectivity index (χ2n) is 2.51. The van der Waals surface area contributed by atoms with Crippen LogP contribution in [0.4, 0.5) is 8.78 Å². The number of halogens is 2. The molecule has 0 saturated heterocycles. The minimum atomic E-state index is -1.51. The monoisotopic (exact) mass is 196 g/mol. The average molecular weight is 196 g/mol. The third kappa shape index (κ3) is 2.12. The summed E-state index contributed by atoms with van der Waals surface area (Å²) in [4.78, 5) is 0. The molecule has 1 unspecified atom stereocenters. The molecule has 0 aromatic rings. The van der Waals surface area contributed by atoms with E-state index in [-0.39, 0.29) is 10.7 Å². The number of rotatable bonds is 0. The molecule has 1 atom stereocenters. The quantitative estimate of drug-likeness (QED) is 0.582. The Bertz CT molecular complexity index is 187. The van der Waals surface area contributed by atoms with E-state index in [0.29, 0.717) is 11.5 Å². The maximum Gasteiger partial charge on any atom is 0.178 e. The third-order valence-corrected chi connectivity index (χ3v) is 4.13. The summed E-state index contributed by atoms with van der Waals surface area (Å²) in [6.07, 6.45) is 0. The van der Waals surface area contributed by atoms with Gasteiger partial charge in [0.25, 0.3) is 0 Å². The van der Waals surface area contributed by atoms with Crippen molar-refractivity contribution >= 4 is 23.5 Å². The van der Waals surface area contributed by atoms with Gasteiger partial charge in [-0.1, -0.05) is 11.8 Å². The van der Waals surface area contributed by atoms with Crippen molar-refractivity contribution in [3.05, 3.63) is 10.7 Å². The van der Waals surface area contributed by atoms with E-state index >= 15 is 0 Å². The highest BCUT2D eigenvalue weighted by Crippen LogP contribution is 2.42. The van der Waals surface area contributed by atoms with E-state index in [4.69, 9.17) is 0 Å². The number of hydrogen-bond donors (Lipinski definition) is 0. The fraction of sp³-hybridized carbons (Fsp3) is 0.714. The van der Waals surface area contributed by atoms with Crippen molar-refractivity contribution in [2.75, 3.05) is 11.5 Å². The van der Waals surface area contributed by atoms with Crippen molar-refractivity contribution in [2.45, 2.75) is 18.8 Å². The second kappa shape index (κ2) is 3.35. The Kier molecular flexibility index (Phi) is 2.86. The summed E-state index contributed by atoms with van der Waals surface area (Å²) in [6.45, 7) is 2.93. The van der Waals surface area contributed by atoms with Gasteiger partial charge in [-0.2, -0.15) is 4.39 Å². The molecule has 0 aliphatic carbocycles. The lowest BCUT2D eigenvalue weighted by molar-refractivity contribution is 0.361. The lowest BCUT2D eigenvalue weighted by Gasteiger charge is -2.17. The molecule has 4 heteroatoms. The summed E-state index contributed by atoms with van der Waals surface area (Å²) >= 11 is 2.27. The summed E-state index contributed by atoms with van der Waals surface area (Å²) in [6, 6.07) is 0. The van der Waals surface area contributed by atoms with E-state index < -0.39 is 5.00 Å². The number of alkyl halides is 1. The molecule has 1 rings (SSSR count). The molecular weight excluding hydrogens is 186 g/mol. The van der Waals surface area contributed by atoms with E-state index in [1.807, 2.05) is 0 Å². The van der Waals surface area contributed by atoms with Crippen molar-refractivity contribution in [2.24, 2.45) is 0 Å². The molecule has 11 heavy (non-hydrogen) atoms. The Hall–Kier alpha value is 0.300. The topological polar surface area (TPSA) is 0 Å². The number of thioether (sulfide) groups is 2. The highest BCUT2D eigenvalue weighted by atomic mass is 32.2. The molecule has 0 spiro atoms. The molecule has 0 radical (unpaired) electrons. The summed E-state index contributed by atoms with van der Waals surface area (Å²) in [5.74, 6) is 1.33. The molecule has 64 valence electrons. The minimum absolute atomic E-state index is 0.227. The molecule has 0 bridgehead atoms. The highest BCUT2D eigenvalue weighted by Gasteiger charge is 2.31. The van der Waals surface area contributed by atoms with Crippen molar-refractivity contribution < 1.29 is 8.78 Å².